The molecule has 7 aliphatic heterocycles. The third-order valence-electron chi connectivity index (χ3n) is 17.3. The number of aliphatic imine (C=N–C) groups is 8. The highest BCUT2D eigenvalue weighted by Crippen LogP contribution is 2.31. The van der Waals surface area contributed by atoms with Gasteiger partial charge in [0.05, 0.1) is 42.4 Å². The second kappa shape index (κ2) is 40.5. The molecule has 9 aliphatic rings. The summed E-state index contributed by atoms with van der Waals surface area (Å²) in [6.45, 7) is 70.8. The molecule has 14 heteroatoms. The highest BCUT2D eigenvalue weighted by molar-refractivity contribution is 7.05. The Morgan fingerprint density at radius 3 is 0.545 bits per heavy atom. The molecule has 11 rings (SSSR count). The molecule has 0 N–H and O–H groups in total. The SMILES string of the molecule is C.CC1=C(C)C(C)=C(C)C1.CC1=C(C)C(C)=C(C)C1.CC1=NC(C)=C(C)C1.CC1=NC(C)=C(C)C1.CC1=NC(C)=C(C)C1.CC1=NCC(C)=C1C.CC1=NCC(C)=C1C.CC1=NCC(C)=C1C.CC1=NCN=C1C.Cc1nnsc1C.Cc1nnsc1C. The molecule has 0 aromatic carbocycles. The van der Waals surface area contributed by atoms with E-state index in [1.54, 1.807) is 22.3 Å². The third kappa shape index (κ3) is 29.0. The maximum atomic E-state index is 4.27. The molecular formula is C74H118N12S2. The monoisotopic (exact) mass is 1240 g/mol. The van der Waals surface area contributed by atoms with Crippen molar-refractivity contribution in [3.05, 3.63) is 133 Å². The first-order valence-corrected chi connectivity index (χ1v) is 32.3. The van der Waals surface area contributed by atoms with Crippen molar-refractivity contribution in [3.63, 3.8) is 0 Å². The van der Waals surface area contributed by atoms with Gasteiger partial charge in [0.25, 0.3) is 0 Å². The van der Waals surface area contributed by atoms with Crippen molar-refractivity contribution in [3.8, 4) is 0 Å². The zero-order valence-electron chi connectivity index (χ0n) is 60.5. The van der Waals surface area contributed by atoms with Gasteiger partial charge in [-0.15, -0.1) is 10.2 Å². The summed E-state index contributed by atoms with van der Waals surface area (Å²) in [5, 5.41) is 7.57. The molecule has 0 atom stereocenters. The predicted octanol–water partition coefficient (Wildman–Crippen LogP) is 21.8. The lowest BCUT2D eigenvalue weighted by atomic mass is 10.1. The molecule has 2 aliphatic carbocycles. The number of hydrogen-bond acceptors (Lipinski definition) is 14. The van der Waals surface area contributed by atoms with Gasteiger partial charge in [-0.3, -0.25) is 39.9 Å². The highest BCUT2D eigenvalue weighted by Gasteiger charge is 2.13. The predicted molar refractivity (Wildman–Crippen MR) is 397 cm³/mol. The maximum absolute atomic E-state index is 4.27. The van der Waals surface area contributed by atoms with E-state index in [4.69, 9.17) is 0 Å². The van der Waals surface area contributed by atoms with Gasteiger partial charge in [0, 0.05) is 80.4 Å². The second-order valence-electron chi connectivity index (χ2n) is 24.5. The van der Waals surface area contributed by atoms with Crippen molar-refractivity contribution in [2.45, 2.75) is 261 Å². The number of aromatic nitrogens is 4. The van der Waals surface area contributed by atoms with Gasteiger partial charge in [-0.1, -0.05) is 38.7 Å². The van der Waals surface area contributed by atoms with Gasteiger partial charge in [0.1, 0.15) is 6.67 Å². The molecule has 0 radical (unpaired) electrons. The van der Waals surface area contributed by atoms with Crippen LogP contribution in [-0.2, 0) is 0 Å². The summed E-state index contributed by atoms with van der Waals surface area (Å²) < 4.78 is 7.43. The number of rotatable bonds is 0. The van der Waals surface area contributed by atoms with E-state index in [1.807, 2.05) is 41.5 Å². The first-order valence-electron chi connectivity index (χ1n) is 30.8. The van der Waals surface area contributed by atoms with Crippen molar-refractivity contribution in [2.75, 3.05) is 26.3 Å². The summed E-state index contributed by atoms with van der Waals surface area (Å²) in [4.78, 5) is 36.0. The van der Waals surface area contributed by atoms with Crippen LogP contribution in [0.3, 0.4) is 0 Å². The lowest BCUT2D eigenvalue weighted by Crippen LogP contribution is -1.98. The quantitative estimate of drug-likeness (QED) is 0.258. The van der Waals surface area contributed by atoms with E-state index in [9.17, 15) is 0 Å². The summed E-state index contributed by atoms with van der Waals surface area (Å²) in [7, 11) is 0. The standard InChI is InChI=1S/2C9H14.6C7H11N.C5H8N2.2C4H6N2S.CH4/c2*1-6-5-7(2)9(4)8(6)3;3*1-5-4-8-7(3)6(5)2;3*1-5-4-6(2)8-7(5)3;1-4-5(2)7-3-6-4;2*1-3-4(2)7-6-5-3;/h2*5H2,1-4H3;6*4H2,1-3H3;3H2,1-2H3;2*1-2H3;1H4. The molecule has 9 heterocycles. The van der Waals surface area contributed by atoms with Crippen LogP contribution in [0.5, 0.6) is 0 Å². The van der Waals surface area contributed by atoms with Crippen LogP contribution in [-0.4, -0.2) is 91.2 Å². The van der Waals surface area contributed by atoms with Crippen LogP contribution < -0.4 is 0 Å². The van der Waals surface area contributed by atoms with Crippen LogP contribution in [0.15, 0.2) is 152 Å². The van der Waals surface area contributed by atoms with Crippen LogP contribution in [0.1, 0.15) is 255 Å². The van der Waals surface area contributed by atoms with E-state index in [0.29, 0.717) is 6.67 Å². The zero-order chi connectivity index (χ0) is 66.7. The van der Waals surface area contributed by atoms with Crippen LogP contribution in [0, 0.1) is 27.7 Å². The normalized spacial score (nSPS) is 17.8. The van der Waals surface area contributed by atoms with E-state index < -0.39 is 0 Å². The lowest BCUT2D eigenvalue weighted by Gasteiger charge is -1.94. The molecule has 0 fully saturated rings. The molecule has 12 nitrogen and oxygen atoms in total. The molecule has 0 saturated heterocycles. The van der Waals surface area contributed by atoms with Gasteiger partial charge in [-0.05, 0) is 330 Å². The minimum absolute atomic E-state index is 0. The average Bonchev–Trinajstić information content (AvgIpc) is 4.60. The number of nitrogens with zero attached hydrogens (tertiary/aromatic N) is 12. The Bertz CT molecular complexity index is 2970. The van der Waals surface area contributed by atoms with Crippen LogP contribution >= 0.6 is 23.1 Å². The molecule has 0 unspecified atom stereocenters. The van der Waals surface area contributed by atoms with Crippen molar-refractivity contribution in [2.24, 2.45) is 39.9 Å². The van der Waals surface area contributed by atoms with E-state index in [-0.39, 0.29) is 7.43 Å². The summed E-state index contributed by atoms with van der Waals surface area (Å²) in [6.07, 6.45) is 5.68. The van der Waals surface area contributed by atoms with Gasteiger partial charge in [0.2, 0.25) is 0 Å². The number of allylic oxidation sites excluding steroid dienone is 17. The first-order chi connectivity index (χ1) is 40.4. The molecule has 88 heavy (non-hydrogen) atoms. The Labute approximate surface area is 545 Å². The zero-order valence-corrected chi connectivity index (χ0v) is 62.2. The van der Waals surface area contributed by atoms with Gasteiger partial charge < -0.3 is 0 Å². The molecule has 2 aromatic heterocycles. The minimum Gasteiger partial charge on any atom is -0.285 e. The average molecular weight is 1240 g/mol. The Balaban J connectivity index is 0.000000946. The molecule has 0 spiro atoms. The molecule has 486 valence electrons. The Hall–Kier alpha value is -6.12. The van der Waals surface area contributed by atoms with E-state index in [1.165, 1.54) is 169 Å². The van der Waals surface area contributed by atoms with Crippen LogP contribution in [0.25, 0.3) is 0 Å². The van der Waals surface area contributed by atoms with Crippen LogP contribution in [0.4, 0.5) is 0 Å². The number of hydrogen-bond donors (Lipinski definition) is 0. The molecule has 2 aromatic rings. The summed E-state index contributed by atoms with van der Waals surface area (Å²) in [5.74, 6) is 0. The van der Waals surface area contributed by atoms with E-state index >= 15 is 0 Å². The fourth-order valence-corrected chi connectivity index (χ4v) is 9.71. The topological polar surface area (TPSA) is 150 Å². The highest BCUT2D eigenvalue weighted by atomic mass is 32.1. The van der Waals surface area contributed by atoms with Gasteiger partial charge in [0.15, 0.2) is 0 Å². The Kier molecular flexibility index (Phi) is 37.7. The van der Waals surface area contributed by atoms with Crippen molar-refractivity contribution in [1.82, 2.24) is 19.2 Å². The van der Waals surface area contributed by atoms with Crippen LogP contribution in [0.2, 0.25) is 0 Å². The summed E-state index contributed by atoms with van der Waals surface area (Å²) in [5.41, 5.74) is 40.1. The maximum Gasteiger partial charge on any atom is 0.130 e. The summed E-state index contributed by atoms with van der Waals surface area (Å²) >= 11 is 2.89. The van der Waals surface area contributed by atoms with Gasteiger partial charge >= 0.3 is 0 Å². The van der Waals surface area contributed by atoms with Gasteiger partial charge in [-0.2, -0.15) is 0 Å². The van der Waals surface area contributed by atoms with Crippen molar-refractivity contribution in [1.29, 1.82) is 0 Å². The minimum atomic E-state index is 0. The third-order valence-corrected chi connectivity index (χ3v) is 18.8. The fraction of sp³-hybridized carbons (Fsp3) is 0.568. The fourth-order valence-electron chi connectivity index (χ4n) is 8.79. The second-order valence-corrected chi connectivity index (χ2v) is 26.4. The van der Waals surface area contributed by atoms with Crippen molar-refractivity contribution >= 4 is 68.8 Å². The first kappa shape index (κ1) is 81.9. The number of aryl methyl sites for hydroxylation is 4. The molecular weight excluding hydrogens is 1120 g/mol. The lowest BCUT2D eigenvalue weighted by molar-refractivity contribution is 1.08. The molecule has 0 saturated carbocycles. The summed E-state index contributed by atoms with van der Waals surface area (Å²) in [6, 6.07) is 0. The van der Waals surface area contributed by atoms with E-state index in [2.05, 4.69) is 239 Å². The van der Waals surface area contributed by atoms with E-state index in [0.717, 1.165) is 61.7 Å². The smallest absolute Gasteiger partial charge is 0.130 e. The Morgan fingerprint density at radius 2 is 0.489 bits per heavy atom. The molecule has 0 amide bonds. The largest absolute Gasteiger partial charge is 0.285 e. The van der Waals surface area contributed by atoms with Gasteiger partial charge in [-0.25, -0.2) is 0 Å². The molecule has 0 bridgehead atoms. The van der Waals surface area contributed by atoms with Crippen molar-refractivity contribution < 1.29 is 0 Å². The Morgan fingerprint density at radius 1 is 0.250 bits per heavy atom.